The SMILES string of the molecule is COc1ccc(C(=O)N2CCN(C(=O)c3ccc(CN)cc3)CC2)cc1OC. The van der Waals surface area contributed by atoms with Crippen LogP contribution in [0.15, 0.2) is 42.5 Å². The molecule has 2 amide bonds. The lowest BCUT2D eigenvalue weighted by atomic mass is 10.1. The number of nitrogens with two attached hydrogens (primary N) is 1. The highest BCUT2D eigenvalue weighted by atomic mass is 16.5. The predicted octanol–water partition coefficient (Wildman–Crippen LogP) is 1.76. The van der Waals surface area contributed by atoms with Gasteiger partial charge in [0.25, 0.3) is 11.8 Å². The van der Waals surface area contributed by atoms with Gasteiger partial charge in [-0.25, -0.2) is 0 Å². The number of benzene rings is 2. The highest BCUT2D eigenvalue weighted by Gasteiger charge is 2.26. The van der Waals surface area contributed by atoms with Crippen LogP contribution in [0.3, 0.4) is 0 Å². The maximum atomic E-state index is 12.8. The summed E-state index contributed by atoms with van der Waals surface area (Å²) < 4.78 is 10.5. The van der Waals surface area contributed by atoms with Crippen molar-refractivity contribution in [3.63, 3.8) is 0 Å². The van der Waals surface area contributed by atoms with Crippen molar-refractivity contribution < 1.29 is 19.1 Å². The molecule has 0 aliphatic carbocycles. The Bertz CT molecular complexity index is 843. The van der Waals surface area contributed by atoms with Gasteiger partial charge in [-0.2, -0.15) is 0 Å². The first-order valence-electron chi connectivity index (χ1n) is 9.17. The molecule has 148 valence electrons. The Morgan fingerprint density at radius 3 is 1.82 bits per heavy atom. The third kappa shape index (κ3) is 4.09. The number of amides is 2. The number of carbonyl (C=O) groups excluding carboxylic acids is 2. The molecule has 7 heteroatoms. The smallest absolute Gasteiger partial charge is 0.254 e. The van der Waals surface area contributed by atoms with Crippen molar-refractivity contribution in [1.29, 1.82) is 0 Å². The highest BCUT2D eigenvalue weighted by molar-refractivity contribution is 5.96. The molecule has 1 aliphatic heterocycles. The number of nitrogens with zero attached hydrogens (tertiary/aromatic N) is 2. The van der Waals surface area contributed by atoms with Gasteiger partial charge in [0.15, 0.2) is 11.5 Å². The highest BCUT2D eigenvalue weighted by Crippen LogP contribution is 2.28. The molecule has 0 spiro atoms. The molecule has 1 fully saturated rings. The van der Waals surface area contributed by atoms with E-state index in [2.05, 4.69) is 0 Å². The first-order valence-corrected chi connectivity index (χ1v) is 9.17. The molecule has 1 saturated heterocycles. The average molecular weight is 383 g/mol. The van der Waals surface area contributed by atoms with E-state index >= 15 is 0 Å². The fourth-order valence-corrected chi connectivity index (χ4v) is 3.23. The van der Waals surface area contributed by atoms with E-state index in [1.54, 1.807) is 47.2 Å². The third-order valence-electron chi connectivity index (χ3n) is 4.92. The summed E-state index contributed by atoms with van der Waals surface area (Å²) in [6.45, 7) is 2.41. The lowest BCUT2D eigenvalue weighted by Gasteiger charge is -2.35. The van der Waals surface area contributed by atoms with Gasteiger partial charge in [0, 0.05) is 43.9 Å². The minimum absolute atomic E-state index is 0.0261. The summed E-state index contributed by atoms with van der Waals surface area (Å²) in [5, 5.41) is 0. The first kappa shape index (κ1) is 19.7. The summed E-state index contributed by atoms with van der Waals surface area (Å²) in [7, 11) is 3.09. The van der Waals surface area contributed by atoms with Crippen LogP contribution in [-0.2, 0) is 6.54 Å². The molecule has 28 heavy (non-hydrogen) atoms. The number of hydrogen-bond acceptors (Lipinski definition) is 5. The topological polar surface area (TPSA) is 85.1 Å². The molecular formula is C21H25N3O4. The minimum Gasteiger partial charge on any atom is -0.493 e. The zero-order valence-electron chi connectivity index (χ0n) is 16.2. The number of ether oxygens (including phenoxy) is 2. The molecule has 2 aromatic carbocycles. The van der Waals surface area contributed by atoms with E-state index in [4.69, 9.17) is 15.2 Å². The monoisotopic (exact) mass is 383 g/mol. The fraction of sp³-hybridized carbons (Fsp3) is 0.333. The molecule has 0 radical (unpaired) electrons. The molecule has 0 saturated carbocycles. The molecule has 2 N–H and O–H groups in total. The number of methoxy groups -OCH3 is 2. The summed E-state index contributed by atoms with van der Waals surface area (Å²) in [6, 6.07) is 12.4. The van der Waals surface area contributed by atoms with Crippen molar-refractivity contribution >= 4 is 11.8 Å². The van der Waals surface area contributed by atoms with E-state index < -0.39 is 0 Å². The van der Waals surface area contributed by atoms with Crippen molar-refractivity contribution in [2.45, 2.75) is 6.54 Å². The van der Waals surface area contributed by atoms with Gasteiger partial charge in [-0.1, -0.05) is 12.1 Å². The Hall–Kier alpha value is -3.06. The Morgan fingerprint density at radius 1 is 0.821 bits per heavy atom. The average Bonchev–Trinajstić information content (AvgIpc) is 2.77. The van der Waals surface area contributed by atoms with Gasteiger partial charge in [-0.3, -0.25) is 9.59 Å². The molecule has 3 rings (SSSR count). The largest absolute Gasteiger partial charge is 0.493 e. The van der Waals surface area contributed by atoms with Gasteiger partial charge in [-0.15, -0.1) is 0 Å². The molecule has 0 atom stereocenters. The van der Waals surface area contributed by atoms with E-state index in [9.17, 15) is 9.59 Å². The van der Waals surface area contributed by atoms with Crippen molar-refractivity contribution in [3.8, 4) is 11.5 Å². The van der Waals surface area contributed by atoms with Crippen LogP contribution in [0.4, 0.5) is 0 Å². The standard InChI is InChI=1S/C21H25N3O4/c1-27-18-8-7-17(13-19(18)28-2)21(26)24-11-9-23(10-12-24)20(25)16-5-3-15(14-22)4-6-16/h3-8,13H,9-12,14,22H2,1-2H3. The van der Waals surface area contributed by atoms with Crippen LogP contribution in [0.25, 0.3) is 0 Å². The van der Waals surface area contributed by atoms with Crippen LogP contribution in [0.1, 0.15) is 26.3 Å². The van der Waals surface area contributed by atoms with Gasteiger partial charge in [0.05, 0.1) is 14.2 Å². The quantitative estimate of drug-likeness (QED) is 0.850. The lowest BCUT2D eigenvalue weighted by Crippen LogP contribution is -2.50. The van der Waals surface area contributed by atoms with Crippen LogP contribution in [-0.4, -0.2) is 62.0 Å². The number of carbonyl (C=O) groups is 2. The summed E-state index contributed by atoms with van der Waals surface area (Å²) in [6.07, 6.45) is 0. The predicted molar refractivity (Wildman–Crippen MR) is 106 cm³/mol. The summed E-state index contributed by atoms with van der Waals surface area (Å²) in [4.78, 5) is 29.0. The number of piperazine rings is 1. The Balaban J connectivity index is 1.63. The van der Waals surface area contributed by atoms with Crippen molar-refractivity contribution in [2.24, 2.45) is 5.73 Å². The van der Waals surface area contributed by atoms with E-state index in [0.29, 0.717) is 55.3 Å². The van der Waals surface area contributed by atoms with Crippen molar-refractivity contribution in [3.05, 3.63) is 59.2 Å². The zero-order valence-corrected chi connectivity index (χ0v) is 16.2. The normalized spacial score (nSPS) is 14.0. The molecule has 7 nitrogen and oxygen atoms in total. The summed E-state index contributed by atoms with van der Waals surface area (Å²) in [5.74, 6) is 0.986. The second-order valence-electron chi connectivity index (χ2n) is 6.56. The fourth-order valence-electron chi connectivity index (χ4n) is 3.23. The molecule has 0 bridgehead atoms. The van der Waals surface area contributed by atoms with Crippen LogP contribution < -0.4 is 15.2 Å². The van der Waals surface area contributed by atoms with Crippen molar-refractivity contribution in [2.75, 3.05) is 40.4 Å². The maximum absolute atomic E-state index is 12.8. The molecule has 0 unspecified atom stereocenters. The Morgan fingerprint density at radius 2 is 1.32 bits per heavy atom. The van der Waals surface area contributed by atoms with Crippen LogP contribution in [0.5, 0.6) is 11.5 Å². The Labute approximate surface area is 164 Å². The molecule has 2 aromatic rings. The van der Waals surface area contributed by atoms with Gasteiger partial charge in [0.2, 0.25) is 0 Å². The molecule has 1 heterocycles. The minimum atomic E-state index is -0.0830. The molecule has 1 aliphatic rings. The second-order valence-corrected chi connectivity index (χ2v) is 6.56. The number of rotatable bonds is 5. The molecular weight excluding hydrogens is 358 g/mol. The van der Waals surface area contributed by atoms with E-state index in [-0.39, 0.29) is 11.8 Å². The molecule has 0 aromatic heterocycles. The van der Waals surface area contributed by atoms with Gasteiger partial charge in [-0.05, 0) is 35.9 Å². The first-order chi connectivity index (χ1) is 13.6. The lowest BCUT2D eigenvalue weighted by molar-refractivity contribution is 0.0535. The van der Waals surface area contributed by atoms with Crippen LogP contribution >= 0.6 is 0 Å². The maximum Gasteiger partial charge on any atom is 0.254 e. The van der Waals surface area contributed by atoms with Crippen LogP contribution in [0.2, 0.25) is 0 Å². The van der Waals surface area contributed by atoms with Gasteiger partial charge >= 0.3 is 0 Å². The van der Waals surface area contributed by atoms with E-state index in [0.717, 1.165) is 5.56 Å². The van der Waals surface area contributed by atoms with Gasteiger partial charge in [0.1, 0.15) is 0 Å². The summed E-state index contributed by atoms with van der Waals surface area (Å²) >= 11 is 0. The van der Waals surface area contributed by atoms with Crippen LogP contribution in [0, 0.1) is 0 Å². The van der Waals surface area contributed by atoms with Crippen molar-refractivity contribution in [1.82, 2.24) is 9.80 Å². The third-order valence-corrected chi connectivity index (χ3v) is 4.92. The summed E-state index contributed by atoms with van der Waals surface area (Å²) in [5.41, 5.74) is 7.76. The zero-order chi connectivity index (χ0) is 20.1. The second kappa shape index (κ2) is 8.75. The van der Waals surface area contributed by atoms with E-state index in [1.165, 1.54) is 7.11 Å². The van der Waals surface area contributed by atoms with E-state index in [1.807, 2.05) is 12.1 Å². The Kier molecular flexibility index (Phi) is 6.16. The number of hydrogen-bond donors (Lipinski definition) is 1. The van der Waals surface area contributed by atoms with Gasteiger partial charge < -0.3 is 25.0 Å².